The van der Waals surface area contributed by atoms with Gasteiger partial charge in [0.05, 0.1) is 5.75 Å². The molecular weight excluding hydrogens is 389 g/mol. The van der Waals surface area contributed by atoms with Crippen LogP contribution in [-0.4, -0.2) is 60.6 Å². The van der Waals surface area contributed by atoms with E-state index in [-0.39, 0.29) is 27.4 Å². The summed E-state index contributed by atoms with van der Waals surface area (Å²) in [5, 5.41) is 6.46. The first-order valence-electron chi connectivity index (χ1n) is 9.96. The molecule has 0 unspecified atom stereocenters. The third-order valence-electron chi connectivity index (χ3n) is 4.96. The Morgan fingerprint density at radius 3 is 2.42 bits per heavy atom. The van der Waals surface area contributed by atoms with Crippen molar-refractivity contribution in [3.8, 4) is 0 Å². The summed E-state index contributed by atoms with van der Waals surface area (Å²) in [7, 11) is 0. The molecule has 0 aliphatic carbocycles. The molecule has 0 saturated carbocycles. The largest absolute Gasteiger partial charge is 0.354 e. The molecule has 1 aliphatic rings. The molecule has 157 valence electrons. The van der Waals surface area contributed by atoms with E-state index in [0.717, 1.165) is 32.6 Å². The van der Waals surface area contributed by atoms with Crippen molar-refractivity contribution < 1.29 is 21.6 Å². The second-order valence-electron chi connectivity index (χ2n) is 8.23. The molecule has 0 aromatic rings. The zero-order chi connectivity index (χ0) is 18.7. The van der Waals surface area contributed by atoms with Crippen LogP contribution >= 0.6 is 11.8 Å². The van der Waals surface area contributed by atoms with Crippen LogP contribution in [0, 0.1) is 11.8 Å². The van der Waals surface area contributed by atoms with Crippen molar-refractivity contribution in [1.29, 1.82) is 0 Å². The molecule has 0 bridgehead atoms. The van der Waals surface area contributed by atoms with Crippen LogP contribution in [0.2, 0.25) is 0 Å². The van der Waals surface area contributed by atoms with Gasteiger partial charge in [0.15, 0.2) is 0 Å². The monoisotopic (exact) mass is 429 g/mol. The maximum absolute atomic E-state index is 12.0. The van der Waals surface area contributed by atoms with Gasteiger partial charge in [0, 0.05) is 43.0 Å². The molecule has 2 N–H and O–H groups in total. The van der Waals surface area contributed by atoms with E-state index in [1.165, 1.54) is 38.3 Å². The Balaban J connectivity index is 0.00000625. The van der Waals surface area contributed by atoms with Gasteiger partial charge in [0.2, 0.25) is 5.91 Å². The van der Waals surface area contributed by atoms with E-state index in [4.69, 9.17) is 0 Å². The van der Waals surface area contributed by atoms with Crippen LogP contribution in [0.1, 0.15) is 60.3 Å². The average molecular weight is 430 g/mol. The first-order valence-corrected chi connectivity index (χ1v) is 10.9. The van der Waals surface area contributed by atoms with Crippen molar-refractivity contribution in [3.05, 3.63) is 5.92 Å². The molecule has 0 atom stereocenters. The van der Waals surface area contributed by atoms with Crippen molar-refractivity contribution >= 4 is 17.7 Å². The molecule has 0 spiro atoms. The van der Waals surface area contributed by atoms with Gasteiger partial charge in [-0.05, 0) is 30.7 Å². The topological polar surface area (TPSA) is 44.4 Å². The van der Waals surface area contributed by atoms with E-state index in [1.807, 2.05) is 0 Å². The third kappa shape index (κ3) is 12.6. The van der Waals surface area contributed by atoms with Crippen LogP contribution in [0.5, 0.6) is 0 Å². The van der Waals surface area contributed by atoms with Gasteiger partial charge in [-0.25, -0.2) is 0 Å². The first kappa shape index (κ1) is 26.2. The number of nitrogens with one attached hydrogen (secondary N) is 2. The van der Waals surface area contributed by atoms with Crippen molar-refractivity contribution in [1.82, 2.24) is 15.5 Å². The standard InChI is InChI=1S/C20H40N3OS.Co/c1-17(2)18(3)15-20(4,5)25-16-19(24)22-10-9-21-11-14-23-12-7-6-8-13-23;/h17,21H,6-16H2,1-5H3,(H,22,24);/q-1;. The van der Waals surface area contributed by atoms with Crippen molar-refractivity contribution in [2.45, 2.75) is 65.0 Å². The second kappa shape index (κ2) is 14.3. The molecule has 6 heteroatoms. The van der Waals surface area contributed by atoms with Crippen LogP contribution in [0.3, 0.4) is 0 Å². The number of carbonyl (C=O) groups excluding carboxylic acids is 1. The molecule has 0 aromatic heterocycles. The average Bonchev–Trinajstić information content (AvgIpc) is 2.56. The number of hydrogen-bond donors (Lipinski definition) is 2. The quantitative estimate of drug-likeness (QED) is 0.369. The van der Waals surface area contributed by atoms with Gasteiger partial charge < -0.3 is 21.5 Å². The summed E-state index contributed by atoms with van der Waals surface area (Å²) in [6.45, 7) is 17.4. The fraction of sp³-hybridized carbons (Fsp3) is 0.900. The van der Waals surface area contributed by atoms with Crippen molar-refractivity contribution in [2.24, 2.45) is 5.92 Å². The minimum Gasteiger partial charge on any atom is -0.354 e. The summed E-state index contributed by atoms with van der Waals surface area (Å²) < 4.78 is 0.123. The Labute approximate surface area is 176 Å². The minimum atomic E-state index is 0. The number of likely N-dealkylation sites (tertiary alicyclic amines) is 1. The van der Waals surface area contributed by atoms with Gasteiger partial charge in [-0.3, -0.25) is 4.79 Å². The van der Waals surface area contributed by atoms with Crippen LogP contribution in [0.4, 0.5) is 0 Å². The molecule has 26 heavy (non-hydrogen) atoms. The molecule has 1 radical (unpaired) electrons. The fourth-order valence-corrected chi connectivity index (χ4v) is 4.03. The molecular formula is C20H40CoN3OS-. The second-order valence-corrected chi connectivity index (χ2v) is 9.91. The molecule has 1 fully saturated rings. The van der Waals surface area contributed by atoms with E-state index in [2.05, 4.69) is 50.2 Å². The number of piperidine rings is 1. The summed E-state index contributed by atoms with van der Waals surface area (Å²) in [6, 6.07) is 0. The molecule has 1 heterocycles. The molecule has 0 aromatic carbocycles. The number of thioether (sulfide) groups is 1. The Kier molecular flexibility index (Phi) is 14.4. The van der Waals surface area contributed by atoms with Crippen LogP contribution in [0.25, 0.3) is 0 Å². The summed E-state index contributed by atoms with van der Waals surface area (Å²) in [6.07, 6.45) is 5.15. The summed E-state index contributed by atoms with van der Waals surface area (Å²) in [5.74, 6) is 2.82. The van der Waals surface area contributed by atoms with Crippen molar-refractivity contribution in [2.75, 3.05) is 45.0 Å². The van der Waals surface area contributed by atoms with E-state index in [0.29, 0.717) is 11.7 Å². The fourth-order valence-electron chi connectivity index (χ4n) is 3.07. The normalized spacial score (nSPS) is 16.0. The van der Waals surface area contributed by atoms with Crippen LogP contribution in [-0.2, 0) is 21.6 Å². The van der Waals surface area contributed by atoms with Gasteiger partial charge in [0.1, 0.15) is 0 Å². The number of hydrogen-bond acceptors (Lipinski definition) is 4. The van der Waals surface area contributed by atoms with Gasteiger partial charge in [-0.15, -0.1) is 11.8 Å². The number of carbonyl (C=O) groups is 1. The maximum Gasteiger partial charge on any atom is 0.230 e. The number of nitrogens with zero attached hydrogens (tertiary/aromatic N) is 1. The van der Waals surface area contributed by atoms with Crippen LogP contribution < -0.4 is 10.6 Å². The van der Waals surface area contributed by atoms with E-state index >= 15 is 0 Å². The minimum absolute atomic E-state index is 0. The van der Waals surface area contributed by atoms with Gasteiger partial charge in [-0.1, -0.05) is 34.1 Å². The maximum atomic E-state index is 12.0. The molecule has 1 aliphatic heterocycles. The smallest absolute Gasteiger partial charge is 0.230 e. The summed E-state index contributed by atoms with van der Waals surface area (Å²) in [4.78, 5) is 14.5. The van der Waals surface area contributed by atoms with E-state index in [9.17, 15) is 4.79 Å². The first-order chi connectivity index (χ1) is 11.8. The van der Waals surface area contributed by atoms with Crippen LogP contribution in [0.15, 0.2) is 0 Å². The van der Waals surface area contributed by atoms with Gasteiger partial charge in [0.25, 0.3) is 0 Å². The molecule has 1 amide bonds. The molecule has 4 nitrogen and oxygen atoms in total. The zero-order valence-corrected chi connectivity index (χ0v) is 19.3. The van der Waals surface area contributed by atoms with Gasteiger partial charge in [-0.2, -0.15) is 19.3 Å². The zero-order valence-electron chi connectivity index (χ0n) is 17.5. The Morgan fingerprint density at radius 1 is 1.15 bits per heavy atom. The van der Waals surface area contributed by atoms with E-state index < -0.39 is 0 Å². The number of amides is 1. The molecule has 1 saturated heterocycles. The van der Waals surface area contributed by atoms with Gasteiger partial charge >= 0.3 is 0 Å². The predicted molar refractivity (Wildman–Crippen MR) is 111 cm³/mol. The number of rotatable bonds is 12. The Bertz CT molecular complexity index is 374. The summed E-state index contributed by atoms with van der Waals surface area (Å²) >= 11 is 1.76. The van der Waals surface area contributed by atoms with E-state index in [1.54, 1.807) is 11.8 Å². The Morgan fingerprint density at radius 2 is 1.81 bits per heavy atom. The Hall–Kier alpha value is 0.246. The van der Waals surface area contributed by atoms with Crippen molar-refractivity contribution in [3.63, 3.8) is 0 Å². The SMILES string of the molecule is C[C-](CC(C)(C)SCC(=O)NCCNCCN1CCCCC1)C(C)C.[Co]. The predicted octanol–water partition coefficient (Wildman–Crippen LogP) is 3.33. The third-order valence-corrected chi connectivity index (χ3v) is 6.29. The molecule has 1 rings (SSSR count). The summed E-state index contributed by atoms with van der Waals surface area (Å²) in [5.41, 5.74) is 0.